The molecular weight excluding hydrogens is 301 g/mol. The average molecular weight is 329 g/mol. The molecule has 0 bridgehead atoms. The van der Waals surface area contributed by atoms with Gasteiger partial charge in [-0.3, -0.25) is 0 Å². The summed E-state index contributed by atoms with van der Waals surface area (Å²) in [7, 11) is 3.84. The van der Waals surface area contributed by atoms with E-state index >= 15 is 0 Å². The largest absolute Gasteiger partial charge is 0.494 e. The lowest BCUT2D eigenvalue weighted by Gasteiger charge is -2.32. The van der Waals surface area contributed by atoms with Crippen molar-refractivity contribution in [2.75, 3.05) is 20.6 Å². The summed E-state index contributed by atoms with van der Waals surface area (Å²) in [5, 5.41) is 0. The molecule has 0 atom stereocenters. The van der Waals surface area contributed by atoms with Crippen molar-refractivity contribution in [3.05, 3.63) is 24.0 Å². The van der Waals surface area contributed by atoms with E-state index in [0.717, 1.165) is 35.4 Å². The van der Waals surface area contributed by atoms with Crippen LogP contribution in [0.2, 0.25) is 0 Å². The highest BCUT2D eigenvalue weighted by Gasteiger charge is 2.51. The number of rotatable bonds is 4. The Hall–Kier alpha value is -1.37. The number of aromatic nitrogens is 2. The number of aryl methyl sites for hydroxylation is 1. The minimum Gasteiger partial charge on any atom is -0.399 e. The van der Waals surface area contributed by atoms with Crippen LogP contribution in [0.15, 0.2) is 18.2 Å². The molecule has 5 nitrogen and oxygen atoms in total. The number of imidazole rings is 1. The fourth-order valence-corrected chi connectivity index (χ4v) is 2.97. The normalized spacial score (nSPS) is 19.6. The van der Waals surface area contributed by atoms with Crippen LogP contribution in [0.1, 0.15) is 33.5 Å². The van der Waals surface area contributed by atoms with E-state index in [1.54, 1.807) is 0 Å². The molecule has 1 aromatic heterocycles. The maximum atomic E-state index is 6.18. The van der Waals surface area contributed by atoms with Gasteiger partial charge in [-0.2, -0.15) is 0 Å². The van der Waals surface area contributed by atoms with E-state index in [1.807, 2.05) is 0 Å². The maximum Gasteiger partial charge on any atom is 0.494 e. The Morgan fingerprint density at radius 1 is 1.12 bits per heavy atom. The molecular formula is C18H28BN3O2. The molecule has 1 saturated heterocycles. The number of benzene rings is 1. The first-order valence-corrected chi connectivity index (χ1v) is 8.58. The molecule has 6 heteroatoms. The quantitative estimate of drug-likeness (QED) is 0.807. The van der Waals surface area contributed by atoms with E-state index < -0.39 is 0 Å². The smallest absolute Gasteiger partial charge is 0.399 e. The molecule has 0 N–H and O–H groups in total. The third-order valence-corrected chi connectivity index (χ3v) is 5.26. The Balaban J connectivity index is 1.95. The maximum absolute atomic E-state index is 6.18. The van der Waals surface area contributed by atoms with Crippen LogP contribution in [0, 0.1) is 6.92 Å². The summed E-state index contributed by atoms with van der Waals surface area (Å²) in [5.74, 6) is 1.04. The Bertz CT molecular complexity index is 736. The van der Waals surface area contributed by atoms with Crippen LogP contribution in [-0.2, 0) is 15.9 Å². The summed E-state index contributed by atoms with van der Waals surface area (Å²) in [4.78, 5) is 6.86. The van der Waals surface area contributed by atoms with Crippen molar-refractivity contribution in [1.29, 1.82) is 0 Å². The van der Waals surface area contributed by atoms with Crippen LogP contribution in [0.4, 0.5) is 0 Å². The van der Waals surface area contributed by atoms with Gasteiger partial charge >= 0.3 is 7.12 Å². The molecule has 0 saturated carbocycles. The molecule has 1 aliphatic heterocycles. The van der Waals surface area contributed by atoms with Crippen LogP contribution in [-0.4, -0.2) is 53.4 Å². The monoisotopic (exact) mass is 329 g/mol. The molecule has 2 aromatic rings. The van der Waals surface area contributed by atoms with Crippen molar-refractivity contribution in [2.45, 2.75) is 52.4 Å². The van der Waals surface area contributed by atoms with Crippen molar-refractivity contribution < 1.29 is 9.31 Å². The summed E-state index contributed by atoms with van der Waals surface area (Å²) in [6, 6.07) is 6.29. The van der Waals surface area contributed by atoms with Crippen LogP contribution in [0.3, 0.4) is 0 Å². The molecule has 0 spiro atoms. The Morgan fingerprint density at radius 3 is 2.33 bits per heavy atom. The molecule has 0 aliphatic carbocycles. The van der Waals surface area contributed by atoms with Gasteiger partial charge in [-0.25, -0.2) is 4.98 Å². The lowest BCUT2D eigenvalue weighted by atomic mass is 9.79. The molecule has 130 valence electrons. The van der Waals surface area contributed by atoms with E-state index in [0.29, 0.717) is 0 Å². The van der Waals surface area contributed by atoms with Gasteiger partial charge in [0.2, 0.25) is 0 Å². The molecule has 1 aromatic carbocycles. The van der Waals surface area contributed by atoms with Gasteiger partial charge < -0.3 is 18.8 Å². The first kappa shape index (κ1) is 17.5. The fourth-order valence-electron chi connectivity index (χ4n) is 2.97. The van der Waals surface area contributed by atoms with Gasteiger partial charge in [0.15, 0.2) is 0 Å². The number of likely N-dealkylation sites (N-methyl/N-ethyl adjacent to an activating group) is 1. The van der Waals surface area contributed by atoms with Crippen molar-refractivity contribution >= 4 is 23.6 Å². The summed E-state index contributed by atoms with van der Waals surface area (Å²) >= 11 is 0. The first-order chi connectivity index (χ1) is 11.1. The average Bonchev–Trinajstić information content (AvgIpc) is 2.88. The third kappa shape index (κ3) is 2.98. The lowest BCUT2D eigenvalue weighted by molar-refractivity contribution is 0.00578. The SMILES string of the molecule is Cc1nc2ccc(B3OC(C)(C)C(C)(C)O3)cc2n1CCN(C)C. The minimum atomic E-state index is -0.336. The van der Waals surface area contributed by atoms with Gasteiger partial charge in [-0.1, -0.05) is 6.07 Å². The second-order valence-electron chi connectivity index (χ2n) is 7.95. The zero-order chi connectivity index (χ0) is 17.7. The standard InChI is InChI=1S/C18H28BN3O2/c1-13-20-15-9-8-14(12-16(15)22(13)11-10-21(6)7)19-23-17(2,3)18(4,5)24-19/h8-9,12H,10-11H2,1-7H3. The number of hydrogen-bond donors (Lipinski definition) is 0. The zero-order valence-corrected chi connectivity index (χ0v) is 15.9. The topological polar surface area (TPSA) is 39.5 Å². The molecule has 0 unspecified atom stereocenters. The predicted molar refractivity (Wildman–Crippen MR) is 98.7 cm³/mol. The van der Waals surface area contributed by atoms with Crippen LogP contribution >= 0.6 is 0 Å². The van der Waals surface area contributed by atoms with Gasteiger partial charge in [0.25, 0.3) is 0 Å². The number of nitrogens with zero attached hydrogens (tertiary/aromatic N) is 3. The van der Waals surface area contributed by atoms with Crippen molar-refractivity contribution in [3.8, 4) is 0 Å². The Labute approximate surface area is 145 Å². The van der Waals surface area contributed by atoms with Gasteiger partial charge in [-0.05, 0) is 66.3 Å². The molecule has 24 heavy (non-hydrogen) atoms. The summed E-state index contributed by atoms with van der Waals surface area (Å²) in [6.07, 6.45) is 0. The van der Waals surface area contributed by atoms with Crippen molar-refractivity contribution in [1.82, 2.24) is 14.5 Å². The molecule has 0 amide bonds. The fraction of sp³-hybridized carbons (Fsp3) is 0.611. The summed E-state index contributed by atoms with van der Waals surface area (Å²) in [6.45, 7) is 12.3. The van der Waals surface area contributed by atoms with Crippen LogP contribution < -0.4 is 5.46 Å². The highest BCUT2D eigenvalue weighted by molar-refractivity contribution is 6.62. The Morgan fingerprint density at radius 2 is 1.75 bits per heavy atom. The molecule has 3 rings (SSSR count). The van der Waals surface area contributed by atoms with Gasteiger partial charge in [0.1, 0.15) is 5.82 Å². The molecule has 1 fully saturated rings. The zero-order valence-electron chi connectivity index (χ0n) is 15.9. The predicted octanol–water partition coefficient (Wildman–Crippen LogP) is 2.21. The van der Waals surface area contributed by atoms with E-state index in [1.165, 1.54) is 0 Å². The van der Waals surface area contributed by atoms with E-state index in [-0.39, 0.29) is 18.3 Å². The summed E-state index contributed by atoms with van der Waals surface area (Å²) < 4.78 is 14.6. The lowest BCUT2D eigenvalue weighted by Crippen LogP contribution is -2.41. The molecule has 1 aliphatic rings. The molecule has 0 radical (unpaired) electrons. The Kier molecular flexibility index (Phi) is 4.27. The summed E-state index contributed by atoms with van der Waals surface area (Å²) in [5.41, 5.74) is 2.56. The number of hydrogen-bond acceptors (Lipinski definition) is 4. The minimum absolute atomic E-state index is 0.326. The van der Waals surface area contributed by atoms with Gasteiger partial charge in [-0.15, -0.1) is 0 Å². The number of fused-ring (bicyclic) bond motifs is 1. The van der Waals surface area contributed by atoms with Gasteiger partial charge in [0, 0.05) is 13.1 Å². The van der Waals surface area contributed by atoms with E-state index in [9.17, 15) is 0 Å². The van der Waals surface area contributed by atoms with E-state index in [4.69, 9.17) is 9.31 Å². The second-order valence-corrected chi connectivity index (χ2v) is 7.95. The third-order valence-electron chi connectivity index (χ3n) is 5.26. The first-order valence-electron chi connectivity index (χ1n) is 8.58. The highest BCUT2D eigenvalue weighted by atomic mass is 16.7. The van der Waals surface area contributed by atoms with Crippen molar-refractivity contribution in [2.24, 2.45) is 0 Å². The van der Waals surface area contributed by atoms with E-state index in [2.05, 4.69) is 81.4 Å². The second kappa shape index (κ2) is 5.86. The molecule has 2 heterocycles. The van der Waals surface area contributed by atoms with Gasteiger partial charge in [0.05, 0.1) is 22.2 Å². The van der Waals surface area contributed by atoms with Crippen molar-refractivity contribution in [3.63, 3.8) is 0 Å². The van der Waals surface area contributed by atoms with Crippen LogP contribution in [0.5, 0.6) is 0 Å². The highest BCUT2D eigenvalue weighted by Crippen LogP contribution is 2.36. The van der Waals surface area contributed by atoms with Crippen LogP contribution in [0.25, 0.3) is 11.0 Å².